The van der Waals surface area contributed by atoms with Crippen LogP contribution in [0.15, 0.2) is 0 Å². The van der Waals surface area contributed by atoms with Gasteiger partial charge in [0.1, 0.15) is 6.17 Å². The fourth-order valence-electron chi connectivity index (χ4n) is 1.58. The number of rotatable bonds is 1. The van der Waals surface area contributed by atoms with Crippen LogP contribution >= 0.6 is 0 Å². The normalized spacial score (nSPS) is 34.8. The zero-order valence-corrected chi connectivity index (χ0v) is 7.13. The lowest BCUT2D eigenvalue weighted by atomic mass is 10.0. The summed E-state index contributed by atoms with van der Waals surface area (Å²) in [7, 11) is 0. The molecule has 0 aromatic heterocycles. The Balaban J connectivity index is 1.96. The third kappa shape index (κ3) is 1.41. The third-order valence-electron chi connectivity index (χ3n) is 2.48. The molecule has 2 fully saturated rings. The van der Waals surface area contributed by atoms with E-state index in [9.17, 15) is 13.6 Å². The number of amides is 1. The Morgan fingerprint density at radius 1 is 1.54 bits per heavy atom. The van der Waals surface area contributed by atoms with Crippen molar-refractivity contribution in [3.05, 3.63) is 0 Å². The molecular weight excluding hydrogens is 180 g/mol. The van der Waals surface area contributed by atoms with Gasteiger partial charge in [-0.25, -0.2) is 8.78 Å². The molecule has 13 heavy (non-hydrogen) atoms. The van der Waals surface area contributed by atoms with E-state index < -0.39 is 17.7 Å². The van der Waals surface area contributed by atoms with Gasteiger partial charge in [0.25, 0.3) is 5.91 Å². The maximum Gasteiger partial charge on any atom is 0.262 e. The Kier molecular flexibility index (Phi) is 1.98. The van der Waals surface area contributed by atoms with E-state index in [0.717, 1.165) is 0 Å². The number of hydrogen-bond donors (Lipinski definition) is 0. The van der Waals surface area contributed by atoms with Crippen LogP contribution in [-0.4, -0.2) is 49.0 Å². The summed E-state index contributed by atoms with van der Waals surface area (Å²) < 4.78 is 30.9. The van der Waals surface area contributed by atoms with E-state index in [4.69, 9.17) is 4.74 Å². The molecule has 2 aliphatic heterocycles. The van der Waals surface area contributed by atoms with E-state index in [1.165, 1.54) is 4.90 Å². The average Bonchev–Trinajstić information content (AvgIpc) is 2.46. The molecule has 1 amide bonds. The lowest BCUT2D eigenvalue weighted by Crippen LogP contribution is -2.57. The molecule has 0 saturated carbocycles. The van der Waals surface area contributed by atoms with Crippen LogP contribution in [0.3, 0.4) is 0 Å². The van der Waals surface area contributed by atoms with Crippen molar-refractivity contribution in [2.24, 2.45) is 0 Å². The lowest BCUT2D eigenvalue weighted by molar-refractivity contribution is -0.151. The van der Waals surface area contributed by atoms with Gasteiger partial charge in [0.05, 0.1) is 26.3 Å². The Hall–Kier alpha value is -0.710. The second kappa shape index (κ2) is 2.90. The quantitative estimate of drug-likeness (QED) is 0.596. The summed E-state index contributed by atoms with van der Waals surface area (Å²) in [6, 6.07) is 0. The summed E-state index contributed by atoms with van der Waals surface area (Å²) in [4.78, 5) is 12.6. The first kappa shape index (κ1) is 8.87. The molecule has 2 rings (SSSR count). The minimum Gasteiger partial charge on any atom is -0.377 e. The maximum atomic E-state index is 13.7. The molecule has 5 heteroatoms. The lowest BCUT2D eigenvalue weighted by Gasteiger charge is -2.37. The number of nitrogens with zero attached hydrogens (tertiary/aromatic N) is 1. The molecule has 2 aliphatic rings. The van der Waals surface area contributed by atoms with Gasteiger partial charge in [-0.3, -0.25) is 4.79 Å². The molecule has 0 N–H and O–H groups in total. The zero-order valence-electron chi connectivity index (χ0n) is 7.13. The highest BCUT2D eigenvalue weighted by Crippen LogP contribution is 2.28. The van der Waals surface area contributed by atoms with E-state index in [2.05, 4.69) is 0 Å². The van der Waals surface area contributed by atoms with Gasteiger partial charge in [0.15, 0.2) is 0 Å². The molecule has 0 aromatic carbocycles. The average molecular weight is 191 g/mol. The van der Waals surface area contributed by atoms with Gasteiger partial charge in [-0.1, -0.05) is 0 Å². The number of carbonyl (C=O) groups excluding carboxylic acids is 1. The molecule has 0 radical (unpaired) electrons. The van der Waals surface area contributed by atoms with Crippen molar-refractivity contribution in [2.75, 3.05) is 26.3 Å². The molecule has 0 aromatic rings. The fraction of sp³-hybridized carbons (Fsp3) is 0.875. The topological polar surface area (TPSA) is 29.5 Å². The van der Waals surface area contributed by atoms with Crippen LogP contribution in [0, 0.1) is 0 Å². The Morgan fingerprint density at radius 3 is 2.69 bits per heavy atom. The molecule has 1 atom stereocenters. The number of halogens is 2. The highest BCUT2D eigenvalue weighted by atomic mass is 19.1. The molecule has 2 saturated heterocycles. The molecular formula is C8H11F2NO2. The van der Waals surface area contributed by atoms with E-state index in [1.54, 1.807) is 0 Å². The van der Waals surface area contributed by atoms with Crippen molar-refractivity contribution in [2.45, 2.75) is 18.3 Å². The second-order valence-electron chi connectivity index (χ2n) is 3.58. The van der Waals surface area contributed by atoms with E-state index in [-0.39, 0.29) is 32.7 Å². The summed E-state index contributed by atoms with van der Waals surface area (Å²) in [6.07, 6.45) is -0.880. The number of hydrogen-bond acceptors (Lipinski definition) is 2. The van der Waals surface area contributed by atoms with E-state index in [0.29, 0.717) is 0 Å². The number of carbonyl (C=O) groups is 1. The minimum atomic E-state index is -1.89. The van der Waals surface area contributed by atoms with Crippen LogP contribution in [0.25, 0.3) is 0 Å². The second-order valence-corrected chi connectivity index (χ2v) is 3.58. The van der Waals surface area contributed by atoms with Crippen molar-refractivity contribution in [3.63, 3.8) is 0 Å². The number of alkyl halides is 2. The number of ether oxygens (including phenoxy) is 1. The summed E-state index contributed by atoms with van der Waals surface area (Å²) in [6.45, 7) is 0.156. The van der Waals surface area contributed by atoms with Crippen molar-refractivity contribution in [1.29, 1.82) is 0 Å². The van der Waals surface area contributed by atoms with Gasteiger partial charge >= 0.3 is 0 Å². The molecule has 0 bridgehead atoms. The molecule has 3 nitrogen and oxygen atoms in total. The van der Waals surface area contributed by atoms with Crippen LogP contribution in [0.1, 0.15) is 6.42 Å². The van der Waals surface area contributed by atoms with Crippen molar-refractivity contribution in [1.82, 2.24) is 4.90 Å². The summed E-state index contributed by atoms with van der Waals surface area (Å²) in [5, 5.41) is 0. The molecule has 1 unspecified atom stereocenters. The van der Waals surface area contributed by atoms with Crippen LogP contribution in [-0.2, 0) is 9.53 Å². The van der Waals surface area contributed by atoms with Crippen LogP contribution in [0.5, 0.6) is 0 Å². The van der Waals surface area contributed by atoms with E-state index >= 15 is 0 Å². The first-order valence-corrected chi connectivity index (χ1v) is 4.32. The van der Waals surface area contributed by atoms with Crippen LogP contribution in [0.4, 0.5) is 8.78 Å². The van der Waals surface area contributed by atoms with Crippen LogP contribution in [0.2, 0.25) is 0 Å². The standard InChI is InChI=1S/C8H11F2NO2/c9-6-3-11(4-6)7(12)8(10)1-2-13-5-8/h6H,1-5H2. The highest BCUT2D eigenvalue weighted by Gasteiger charge is 2.48. The summed E-state index contributed by atoms with van der Waals surface area (Å²) >= 11 is 0. The predicted octanol–water partition coefficient (Wildman–Crippen LogP) is 0.295. The summed E-state index contributed by atoms with van der Waals surface area (Å²) in [5.74, 6) is -0.612. The third-order valence-corrected chi connectivity index (χ3v) is 2.48. The Labute approximate surface area is 74.6 Å². The molecule has 2 heterocycles. The molecule has 0 aliphatic carbocycles. The van der Waals surface area contributed by atoms with Crippen molar-refractivity contribution >= 4 is 5.91 Å². The minimum absolute atomic E-state index is 0.0322. The Bertz CT molecular complexity index is 222. The first-order valence-electron chi connectivity index (χ1n) is 4.32. The predicted molar refractivity (Wildman–Crippen MR) is 40.8 cm³/mol. The van der Waals surface area contributed by atoms with Crippen molar-refractivity contribution < 1.29 is 18.3 Å². The smallest absolute Gasteiger partial charge is 0.262 e. The zero-order chi connectivity index (χ0) is 9.47. The maximum absolute atomic E-state index is 13.7. The van der Waals surface area contributed by atoms with Crippen LogP contribution < -0.4 is 0 Å². The number of likely N-dealkylation sites (tertiary alicyclic amines) is 1. The van der Waals surface area contributed by atoms with Gasteiger partial charge in [-0.2, -0.15) is 0 Å². The van der Waals surface area contributed by atoms with Gasteiger partial charge in [-0.15, -0.1) is 0 Å². The first-order chi connectivity index (χ1) is 6.12. The van der Waals surface area contributed by atoms with Gasteiger partial charge in [0, 0.05) is 6.42 Å². The SMILES string of the molecule is O=C(N1CC(F)C1)C1(F)CCOC1. The van der Waals surface area contributed by atoms with Gasteiger partial charge in [-0.05, 0) is 0 Å². The highest BCUT2D eigenvalue weighted by molar-refractivity contribution is 5.86. The van der Waals surface area contributed by atoms with Crippen molar-refractivity contribution in [3.8, 4) is 0 Å². The summed E-state index contributed by atoms with van der Waals surface area (Å²) in [5.41, 5.74) is -1.89. The van der Waals surface area contributed by atoms with Gasteiger partial charge < -0.3 is 9.64 Å². The van der Waals surface area contributed by atoms with E-state index in [1.807, 2.05) is 0 Å². The Morgan fingerprint density at radius 2 is 2.23 bits per heavy atom. The van der Waals surface area contributed by atoms with Gasteiger partial charge in [0.2, 0.25) is 5.67 Å². The molecule has 0 spiro atoms. The fourth-order valence-corrected chi connectivity index (χ4v) is 1.58. The largest absolute Gasteiger partial charge is 0.377 e. The molecule has 74 valence electrons. The monoisotopic (exact) mass is 191 g/mol.